The monoisotopic (exact) mass is 358 g/mol. The smallest absolute Gasteiger partial charge is 0.303 e. The maximum atomic E-state index is 11.0. The van der Waals surface area contributed by atoms with Crippen molar-refractivity contribution in [2.75, 3.05) is 13.7 Å². The molecule has 0 amide bonds. The average molecular weight is 358 g/mol. The van der Waals surface area contributed by atoms with Crippen molar-refractivity contribution in [1.29, 1.82) is 0 Å². The zero-order valence-corrected chi connectivity index (χ0v) is 12.0. The van der Waals surface area contributed by atoms with E-state index in [4.69, 9.17) is 18.9 Å². The molecule has 98 valence electrons. The van der Waals surface area contributed by atoms with E-state index in [1.165, 1.54) is 21.0 Å². The molecule has 1 aliphatic rings. The highest BCUT2D eigenvalue weighted by Gasteiger charge is 2.43. The number of rotatable bonds is 3. The van der Waals surface area contributed by atoms with E-state index in [1.807, 2.05) is 0 Å². The standard InChI is InChI=1S/C10H15IO6/c1-5(12)16-7-4-15-10(14-3)8(11)9(7)17-6(2)13/h7-10H,4H2,1-3H3/t7-,8+,9+,10+/m1/s1. The van der Waals surface area contributed by atoms with Crippen LogP contribution in [0.2, 0.25) is 0 Å². The Morgan fingerprint density at radius 3 is 2.29 bits per heavy atom. The van der Waals surface area contributed by atoms with Crippen molar-refractivity contribution in [3.8, 4) is 0 Å². The number of methoxy groups -OCH3 is 1. The molecule has 0 unspecified atom stereocenters. The summed E-state index contributed by atoms with van der Waals surface area (Å²) < 4.78 is 20.5. The molecule has 0 aromatic heterocycles. The number of halogens is 1. The molecular formula is C10H15IO6. The summed E-state index contributed by atoms with van der Waals surface area (Å²) in [6.45, 7) is 2.76. The van der Waals surface area contributed by atoms with Gasteiger partial charge in [-0.05, 0) is 0 Å². The number of carbonyl (C=O) groups excluding carboxylic acids is 2. The topological polar surface area (TPSA) is 71.1 Å². The van der Waals surface area contributed by atoms with Crippen molar-refractivity contribution in [1.82, 2.24) is 0 Å². The molecule has 1 aliphatic heterocycles. The third kappa shape index (κ3) is 4.07. The second-order valence-corrected chi connectivity index (χ2v) is 5.04. The van der Waals surface area contributed by atoms with Gasteiger partial charge in [0.2, 0.25) is 0 Å². The first-order chi connectivity index (χ1) is 7.95. The molecule has 0 aliphatic carbocycles. The third-order valence-corrected chi connectivity index (χ3v) is 3.51. The van der Waals surface area contributed by atoms with Crippen LogP contribution in [-0.4, -0.2) is 48.1 Å². The molecule has 0 spiro atoms. The summed E-state index contributed by atoms with van der Waals surface area (Å²) in [7, 11) is 1.51. The molecule has 4 atom stereocenters. The Balaban J connectivity index is 2.75. The van der Waals surface area contributed by atoms with Crippen molar-refractivity contribution in [3.63, 3.8) is 0 Å². The van der Waals surface area contributed by atoms with Crippen LogP contribution in [0.25, 0.3) is 0 Å². The van der Waals surface area contributed by atoms with Crippen LogP contribution in [0, 0.1) is 0 Å². The molecule has 1 heterocycles. The summed E-state index contributed by atoms with van der Waals surface area (Å²) in [6.07, 6.45) is -1.63. The Hall–Kier alpha value is -0.410. The van der Waals surface area contributed by atoms with E-state index in [2.05, 4.69) is 22.6 Å². The number of carbonyl (C=O) groups is 2. The Morgan fingerprint density at radius 2 is 1.82 bits per heavy atom. The first-order valence-corrected chi connectivity index (χ1v) is 6.33. The SMILES string of the molecule is CO[C@H]1OC[C@@H](OC(C)=O)[C@H](OC(C)=O)[C@@H]1I. The lowest BCUT2D eigenvalue weighted by atomic mass is 10.1. The molecule has 1 saturated heterocycles. The maximum Gasteiger partial charge on any atom is 0.303 e. The fourth-order valence-electron chi connectivity index (χ4n) is 1.58. The predicted octanol–water partition coefficient (Wildman–Crippen LogP) is 0.656. The minimum absolute atomic E-state index is 0.148. The van der Waals surface area contributed by atoms with Gasteiger partial charge in [0, 0.05) is 21.0 Å². The molecule has 7 heteroatoms. The summed E-state index contributed by atoms with van der Waals surface area (Å²) in [6, 6.07) is 0. The van der Waals surface area contributed by atoms with Gasteiger partial charge in [-0.25, -0.2) is 0 Å². The molecule has 17 heavy (non-hydrogen) atoms. The first-order valence-electron chi connectivity index (χ1n) is 5.08. The van der Waals surface area contributed by atoms with E-state index in [0.29, 0.717) is 0 Å². The predicted molar refractivity (Wildman–Crippen MR) is 65.7 cm³/mol. The lowest BCUT2D eigenvalue weighted by Crippen LogP contribution is -2.53. The zero-order chi connectivity index (χ0) is 13.0. The number of hydrogen-bond acceptors (Lipinski definition) is 6. The van der Waals surface area contributed by atoms with Gasteiger partial charge in [-0.3, -0.25) is 9.59 Å². The Morgan fingerprint density at radius 1 is 1.24 bits per heavy atom. The molecular weight excluding hydrogens is 343 g/mol. The number of hydrogen-bond donors (Lipinski definition) is 0. The van der Waals surface area contributed by atoms with Gasteiger partial charge in [-0.15, -0.1) is 0 Å². The van der Waals surface area contributed by atoms with Crippen LogP contribution < -0.4 is 0 Å². The zero-order valence-electron chi connectivity index (χ0n) is 9.84. The minimum atomic E-state index is -0.593. The van der Waals surface area contributed by atoms with Crippen LogP contribution in [0.15, 0.2) is 0 Å². The van der Waals surface area contributed by atoms with Crippen LogP contribution in [0.3, 0.4) is 0 Å². The van der Waals surface area contributed by atoms with Crippen LogP contribution in [-0.2, 0) is 28.5 Å². The highest BCUT2D eigenvalue weighted by atomic mass is 127. The minimum Gasteiger partial charge on any atom is -0.457 e. The number of alkyl halides is 1. The molecule has 0 aromatic carbocycles. The average Bonchev–Trinajstić information content (AvgIpc) is 2.22. The van der Waals surface area contributed by atoms with E-state index >= 15 is 0 Å². The highest BCUT2D eigenvalue weighted by molar-refractivity contribution is 14.1. The quantitative estimate of drug-likeness (QED) is 0.419. The number of esters is 2. The van der Waals surface area contributed by atoms with Gasteiger partial charge in [0.05, 0.1) is 6.61 Å². The van der Waals surface area contributed by atoms with Gasteiger partial charge >= 0.3 is 11.9 Å². The molecule has 0 aromatic rings. The van der Waals surface area contributed by atoms with Gasteiger partial charge in [0.15, 0.2) is 18.5 Å². The van der Waals surface area contributed by atoms with Crippen molar-refractivity contribution >= 4 is 34.5 Å². The van der Waals surface area contributed by atoms with E-state index in [-0.39, 0.29) is 10.5 Å². The first kappa shape index (κ1) is 14.7. The Labute approximate surface area is 113 Å². The van der Waals surface area contributed by atoms with Crippen molar-refractivity contribution < 1.29 is 28.5 Å². The molecule has 0 saturated carbocycles. The fourth-order valence-corrected chi connectivity index (χ4v) is 2.69. The number of ether oxygens (including phenoxy) is 4. The summed E-state index contributed by atoms with van der Waals surface area (Å²) in [5, 5.41) is 0. The van der Waals surface area contributed by atoms with Crippen LogP contribution >= 0.6 is 22.6 Å². The van der Waals surface area contributed by atoms with Crippen molar-refractivity contribution in [2.45, 2.75) is 36.3 Å². The van der Waals surface area contributed by atoms with Gasteiger partial charge in [0.1, 0.15) is 3.92 Å². The fraction of sp³-hybridized carbons (Fsp3) is 0.800. The van der Waals surface area contributed by atoms with Crippen molar-refractivity contribution in [3.05, 3.63) is 0 Å². The molecule has 1 fully saturated rings. The van der Waals surface area contributed by atoms with Crippen molar-refractivity contribution in [2.24, 2.45) is 0 Å². The lowest BCUT2D eigenvalue weighted by Gasteiger charge is -2.37. The van der Waals surface area contributed by atoms with Gasteiger partial charge in [0.25, 0.3) is 0 Å². The second-order valence-electron chi connectivity index (χ2n) is 3.60. The van der Waals surface area contributed by atoms with Crippen LogP contribution in [0.1, 0.15) is 13.8 Å². The van der Waals surface area contributed by atoms with E-state index in [0.717, 1.165) is 0 Å². The van der Waals surface area contributed by atoms with E-state index < -0.39 is 30.4 Å². The van der Waals surface area contributed by atoms with Gasteiger partial charge in [-0.2, -0.15) is 0 Å². The summed E-state index contributed by atoms with van der Waals surface area (Å²) >= 11 is 2.06. The van der Waals surface area contributed by atoms with Crippen LogP contribution in [0.4, 0.5) is 0 Å². The molecule has 6 nitrogen and oxygen atoms in total. The van der Waals surface area contributed by atoms with Crippen LogP contribution in [0.5, 0.6) is 0 Å². The molecule has 0 N–H and O–H groups in total. The Kier molecular flexibility index (Phi) is 5.60. The summed E-state index contributed by atoms with van der Waals surface area (Å²) in [4.78, 5) is 22.0. The summed E-state index contributed by atoms with van der Waals surface area (Å²) in [5.41, 5.74) is 0. The maximum absolute atomic E-state index is 11.0. The van der Waals surface area contributed by atoms with Gasteiger partial charge in [-0.1, -0.05) is 22.6 Å². The van der Waals surface area contributed by atoms with E-state index in [9.17, 15) is 9.59 Å². The molecule has 0 bridgehead atoms. The second kappa shape index (κ2) is 6.50. The van der Waals surface area contributed by atoms with E-state index in [1.54, 1.807) is 0 Å². The largest absolute Gasteiger partial charge is 0.457 e. The Bertz CT molecular complexity index is 295. The normalized spacial score (nSPS) is 32.9. The lowest BCUT2D eigenvalue weighted by molar-refractivity contribution is -0.218. The third-order valence-electron chi connectivity index (χ3n) is 2.22. The van der Waals surface area contributed by atoms with Gasteiger partial charge < -0.3 is 18.9 Å². The molecule has 0 radical (unpaired) electrons. The summed E-state index contributed by atoms with van der Waals surface area (Å²) in [5.74, 6) is -0.860. The molecule has 1 rings (SSSR count). The highest BCUT2D eigenvalue weighted by Crippen LogP contribution is 2.27.